The predicted molar refractivity (Wildman–Crippen MR) is 109 cm³/mol. The zero-order valence-electron chi connectivity index (χ0n) is 16.5. The van der Waals surface area contributed by atoms with Gasteiger partial charge in [0.1, 0.15) is 5.82 Å². The summed E-state index contributed by atoms with van der Waals surface area (Å²) in [5.41, 5.74) is 1.24. The van der Waals surface area contributed by atoms with Crippen LogP contribution < -0.4 is 5.32 Å². The van der Waals surface area contributed by atoms with Crippen LogP contribution in [0.15, 0.2) is 24.3 Å². The number of rotatable bonds is 17. The predicted octanol–water partition coefficient (Wildman–Crippen LogP) is 7.05. The molecule has 0 heterocycles. The Hall–Kier alpha value is -0.890. The summed E-state index contributed by atoms with van der Waals surface area (Å²) in [6.45, 7) is 4.55. The summed E-state index contributed by atoms with van der Waals surface area (Å²) in [7, 11) is 0. The molecule has 0 aliphatic rings. The molecule has 0 atom stereocenters. The number of aryl methyl sites for hydroxylation is 1. The molecule has 1 aromatic rings. The van der Waals surface area contributed by atoms with E-state index >= 15 is 0 Å². The molecule has 0 amide bonds. The number of nitrogens with one attached hydrogen (secondary N) is 1. The van der Waals surface area contributed by atoms with E-state index in [4.69, 9.17) is 0 Å². The highest BCUT2D eigenvalue weighted by molar-refractivity contribution is 5.15. The second kappa shape index (κ2) is 16.6. The van der Waals surface area contributed by atoms with Gasteiger partial charge in [0.25, 0.3) is 0 Å². The molecule has 0 bridgehead atoms. The van der Waals surface area contributed by atoms with Crippen LogP contribution in [-0.4, -0.2) is 13.1 Å². The van der Waals surface area contributed by atoms with E-state index in [1.54, 1.807) is 12.1 Å². The zero-order valence-corrected chi connectivity index (χ0v) is 16.5. The number of benzene rings is 1. The van der Waals surface area contributed by atoms with E-state index in [1.165, 1.54) is 89.0 Å². The lowest BCUT2D eigenvalue weighted by Crippen LogP contribution is -2.16. The summed E-state index contributed by atoms with van der Waals surface area (Å²) < 4.78 is 12.8. The molecule has 0 aliphatic heterocycles. The first-order valence-corrected chi connectivity index (χ1v) is 10.8. The van der Waals surface area contributed by atoms with Crippen molar-refractivity contribution in [3.05, 3.63) is 35.6 Å². The van der Waals surface area contributed by atoms with Crippen LogP contribution in [0.1, 0.15) is 96.0 Å². The second-order valence-electron chi connectivity index (χ2n) is 7.37. The molecule has 1 nitrogen and oxygen atoms in total. The molecular weight excluding hydrogens is 309 g/mol. The highest BCUT2D eigenvalue weighted by Crippen LogP contribution is 2.11. The first kappa shape index (κ1) is 22.2. The summed E-state index contributed by atoms with van der Waals surface area (Å²) in [5.74, 6) is -0.141. The van der Waals surface area contributed by atoms with Crippen LogP contribution in [0.5, 0.6) is 0 Å². The Morgan fingerprint density at radius 3 is 1.68 bits per heavy atom. The van der Waals surface area contributed by atoms with E-state index in [0.717, 1.165) is 19.5 Å². The minimum Gasteiger partial charge on any atom is -0.317 e. The largest absolute Gasteiger partial charge is 0.317 e. The van der Waals surface area contributed by atoms with Crippen molar-refractivity contribution < 1.29 is 4.39 Å². The zero-order chi connectivity index (χ0) is 18.0. The smallest absolute Gasteiger partial charge is 0.123 e. The second-order valence-corrected chi connectivity index (χ2v) is 7.37. The third-order valence-corrected chi connectivity index (χ3v) is 4.94. The summed E-state index contributed by atoms with van der Waals surface area (Å²) >= 11 is 0. The summed E-state index contributed by atoms with van der Waals surface area (Å²) in [6, 6.07) is 6.90. The highest BCUT2D eigenvalue weighted by atomic mass is 19.1. The van der Waals surface area contributed by atoms with Gasteiger partial charge in [0, 0.05) is 0 Å². The monoisotopic (exact) mass is 349 g/mol. The van der Waals surface area contributed by atoms with Gasteiger partial charge in [-0.25, -0.2) is 4.39 Å². The normalized spacial score (nSPS) is 11.1. The molecule has 0 saturated heterocycles. The van der Waals surface area contributed by atoms with Gasteiger partial charge in [-0.3, -0.25) is 0 Å². The van der Waals surface area contributed by atoms with Crippen molar-refractivity contribution in [1.29, 1.82) is 0 Å². The standard InChI is InChI=1S/C23H40FN/c1-2-3-4-5-6-7-8-9-10-11-13-20-25-21-14-12-15-22-16-18-23(24)19-17-22/h16-19,25H,2-15,20-21H2,1H3. The molecule has 1 N–H and O–H groups in total. The van der Waals surface area contributed by atoms with Gasteiger partial charge >= 0.3 is 0 Å². The molecule has 0 aromatic heterocycles. The number of halogens is 1. The summed E-state index contributed by atoms with van der Waals surface area (Å²) in [4.78, 5) is 0. The quantitative estimate of drug-likeness (QED) is 0.297. The minimum absolute atomic E-state index is 0.141. The Kier molecular flexibility index (Phi) is 14.7. The Labute approximate surface area is 155 Å². The lowest BCUT2D eigenvalue weighted by atomic mass is 10.1. The van der Waals surface area contributed by atoms with Crippen LogP contribution in [0.2, 0.25) is 0 Å². The number of hydrogen-bond donors (Lipinski definition) is 1. The molecule has 0 radical (unpaired) electrons. The fourth-order valence-electron chi connectivity index (χ4n) is 3.27. The molecule has 2 heteroatoms. The SMILES string of the molecule is CCCCCCCCCCCCCNCCCCc1ccc(F)cc1. The summed E-state index contributed by atoms with van der Waals surface area (Å²) in [6.07, 6.45) is 18.9. The third-order valence-electron chi connectivity index (χ3n) is 4.94. The number of hydrogen-bond acceptors (Lipinski definition) is 1. The Balaban J connectivity index is 1.74. The topological polar surface area (TPSA) is 12.0 Å². The molecule has 0 saturated carbocycles. The van der Waals surface area contributed by atoms with Gasteiger partial charge in [0.05, 0.1) is 0 Å². The Morgan fingerprint density at radius 1 is 0.640 bits per heavy atom. The van der Waals surface area contributed by atoms with E-state index in [9.17, 15) is 4.39 Å². The van der Waals surface area contributed by atoms with Gasteiger partial charge in [-0.1, -0.05) is 83.3 Å². The highest BCUT2D eigenvalue weighted by Gasteiger charge is 1.96. The first-order valence-electron chi connectivity index (χ1n) is 10.8. The lowest BCUT2D eigenvalue weighted by molar-refractivity contribution is 0.535. The van der Waals surface area contributed by atoms with E-state index < -0.39 is 0 Å². The van der Waals surface area contributed by atoms with Crippen molar-refractivity contribution in [2.75, 3.05) is 13.1 Å². The lowest BCUT2D eigenvalue weighted by Gasteiger charge is -2.05. The van der Waals surface area contributed by atoms with Gasteiger partial charge in [-0.05, 0) is 56.5 Å². The fraction of sp³-hybridized carbons (Fsp3) is 0.739. The number of unbranched alkanes of at least 4 members (excludes halogenated alkanes) is 11. The van der Waals surface area contributed by atoms with Crippen LogP contribution in [0.25, 0.3) is 0 Å². The average molecular weight is 350 g/mol. The molecule has 144 valence electrons. The van der Waals surface area contributed by atoms with Gasteiger partial charge in [-0.2, -0.15) is 0 Å². The molecular formula is C23H40FN. The van der Waals surface area contributed by atoms with Crippen LogP contribution in [0.4, 0.5) is 4.39 Å². The molecule has 0 unspecified atom stereocenters. The van der Waals surface area contributed by atoms with E-state index in [2.05, 4.69) is 12.2 Å². The minimum atomic E-state index is -0.141. The third kappa shape index (κ3) is 14.0. The van der Waals surface area contributed by atoms with Crippen molar-refractivity contribution in [3.8, 4) is 0 Å². The molecule has 0 fully saturated rings. The van der Waals surface area contributed by atoms with Gasteiger partial charge in [0.2, 0.25) is 0 Å². The fourth-order valence-corrected chi connectivity index (χ4v) is 3.27. The van der Waals surface area contributed by atoms with E-state index in [1.807, 2.05) is 12.1 Å². The molecule has 1 aromatic carbocycles. The molecule has 0 spiro atoms. The molecule has 25 heavy (non-hydrogen) atoms. The van der Waals surface area contributed by atoms with Crippen LogP contribution >= 0.6 is 0 Å². The Morgan fingerprint density at radius 2 is 1.12 bits per heavy atom. The van der Waals surface area contributed by atoms with Gasteiger partial charge in [0.15, 0.2) is 0 Å². The van der Waals surface area contributed by atoms with Crippen molar-refractivity contribution in [3.63, 3.8) is 0 Å². The van der Waals surface area contributed by atoms with Crippen LogP contribution in [-0.2, 0) is 6.42 Å². The van der Waals surface area contributed by atoms with Crippen molar-refractivity contribution in [2.24, 2.45) is 0 Å². The van der Waals surface area contributed by atoms with Crippen LogP contribution in [0.3, 0.4) is 0 Å². The van der Waals surface area contributed by atoms with Crippen molar-refractivity contribution in [2.45, 2.75) is 96.8 Å². The summed E-state index contributed by atoms with van der Waals surface area (Å²) in [5, 5.41) is 3.55. The maximum atomic E-state index is 12.8. The van der Waals surface area contributed by atoms with E-state index in [0.29, 0.717) is 0 Å². The van der Waals surface area contributed by atoms with Crippen LogP contribution in [0, 0.1) is 5.82 Å². The van der Waals surface area contributed by atoms with Crippen molar-refractivity contribution in [1.82, 2.24) is 5.32 Å². The molecule has 0 aliphatic carbocycles. The first-order chi connectivity index (χ1) is 12.3. The Bertz CT molecular complexity index is 388. The average Bonchev–Trinajstić information content (AvgIpc) is 2.63. The van der Waals surface area contributed by atoms with Gasteiger partial charge < -0.3 is 5.32 Å². The maximum absolute atomic E-state index is 12.8. The van der Waals surface area contributed by atoms with E-state index in [-0.39, 0.29) is 5.82 Å². The molecule has 1 rings (SSSR count). The van der Waals surface area contributed by atoms with Gasteiger partial charge in [-0.15, -0.1) is 0 Å². The maximum Gasteiger partial charge on any atom is 0.123 e. The van der Waals surface area contributed by atoms with Crippen molar-refractivity contribution >= 4 is 0 Å².